The molecule has 144 valence electrons. The topological polar surface area (TPSA) is 79.2 Å². The predicted molar refractivity (Wildman–Crippen MR) is 107 cm³/mol. The first-order valence-corrected chi connectivity index (χ1v) is 9.29. The number of carbonyl (C=O) groups excluding carboxylic acids is 1. The fourth-order valence-corrected chi connectivity index (χ4v) is 3.35. The molecule has 3 heterocycles. The van der Waals surface area contributed by atoms with Crippen molar-refractivity contribution in [3.63, 3.8) is 0 Å². The molecule has 0 spiro atoms. The van der Waals surface area contributed by atoms with E-state index in [1.807, 2.05) is 25.2 Å². The molecule has 4 rings (SSSR count). The number of piperazine rings is 1. The van der Waals surface area contributed by atoms with E-state index in [1.54, 1.807) is 35.7 Å². The van der Waals surface area contributed by atoms with Crippen molar-refractivity contribution >= 4 is 17.4 Å². The molecular weight excluding hydrogens is 354 g/mol. The van der Waals surface area contributed by atoms with Crippen LogP contribution in [0.4, 0.5) is 11.5 Å². The van der Waals surface area contributed by atoms with E-state index in [2.05, 4.69) is 36.2 Å². The van der Waals surface area contributed by atoms with Crippen molar-refractivity contribution < 1.29 is 4.79 Å². The van der Waals surface area contributed by atoms with E-state index in [-0.39, 0.29) is 5.91 Å². The van der Waals surface area contributed by atoms with E-state index in [0.29, 0.717) is 11.3 Å². The van der Waals surface area contributed by atoms with Crippen molar-refractivity contribution in [2.24, 2.45) is 7.05 Å². The van der Waals surface area contributed by atoms with Gasteiger partial charge < -0.3 is 10.2 Å². The predicted octanol–water partition coefficient (Wildman–Crippen LogP) is 1.78. The van der Waals surface area contributed by atoms with Crippen LogP contribution in [0.2, 0.25) is 0 Å². The van der Waals surface area contributed by atoms with Crippen molar-refractivity contribution in [3.05, 3.63) is 66.4 Å². The van der Waals surface area contributed by atoms with Gasteiger partial charge in [-0.25, -0.2) is 4.98 Å². The molecule has 2 aromatic heterocycles. The van der Waals surface area contributed by atoms with E-state index in [0.717, 1.165) is 44.1 Å². The highest BCUT2D eigenvalue weighted by atomic mass is 16.1. The van der Waals surface area contributed by atoms with Gasteiger partial charge in [0.25, 0.3) is 5.91 Å². The third-order valence-electron chi connectivity index (χ3n) is 4.80. The van der Waals surface area contributed by atoms with E-state index in [4.69, 9.17) is 0 Å². The fraction of sp³-hybridized carbons (Fsp3) is 0.300. The maximum absolute atomic E-state index is 12.5. The van der Waals surface area contributed by atoms with Gasteiger partial charge in [0.15, 0.2) is 0 Å². The van der Waals surface area contributed by atoms with Crippen LogP contribution < -0.4 is 10.2 Å². The highest BCUT2D eigenvalue weighted by Crippen LogP contribution is 2.15. The van der Waals surface area contributed by atoms with Crippen LogP contribution in [0.3, 0.4) is 0 Å². The molecule has 3 aromatic rings. The molecule has 1 fully saturated rings. The zero-order valence-electron chi connectivity index (χ0n) is 15.8. The number of aromatic nitrogens is 4. The summed E-state index contributed by atoms with van der Waals surface area (Å²) < 4.78 is 1.66. The zero-order valence-corrected chi connectivity index (χ0v) is 15.8. The third-order valence-corrected chi connectivity index (χ3v) is 4.80. The maximum Gasteiger partial charge on any atom is 0.255 e. The Labute approximate surface area is 163 Å². The number of amides is 1. The molecule has 1 aliphatic heterocycles. The number of benzene rings is 1. The highest BCUT2D eigenvalue weighted by Gasteiger charge is 2.18. The normalized spacial score (nSPS) is 14.8. The fourth-order valence-electron chi connectivity index (χ4n) is 3.35. The molecular formula is C20H23N7O. The van der Waals surface area contributed by atoms with Crippen LogP contribution in [-0.2, 0) is 13.6 Å². The number of nitrogens with zero attached hydrogens (tertiary/aromatic N) is 6. The van der Waals surface area contributed by atoms with Gasteiger partial charge in [-0.1, -0.05) is 12.1 Å². The van der Waals surface area contributed by atoms with Crippen molar-refractivity contribution in [2.75, 3.05) is 36.4 Å². The standard InChI is InChI=1S/C20H23N7O/c1-25-15-18(12-23-25)24-20(28)17-4-2-3-16(11-17)14-26-7-9-27(10-8-26)19-13-21-5-6-22-19/h2-6,11-13,15H,7-10,14H2,1H3,(H,24,28). The van der Waals surface area contributed by atoms with Crippen LogP contribution in [0.25, 0.3) is 0 Å². The van der Waals surface area contributed by atoms with Gasteiger partial charge in [0.05, 0.1) is 18.1 Å². The molecule has 1 amide bonds. The van der Waals surface area contributed by atoms with Crippen molar-refractivity contribution in [1.82, 2.24) is 24.6 Å². The van der Waals surface area contributed by atoms with E-state index in [9.17, 15) is 4.79 Å². The minimum absolute atomic E-state index is 0.123. The Morgan fingerprint density at radius 1 is 1.14 bits per heavy atom. The Morgan fingerprint density at radius 3 is 2.71 bits per heavy atom. The SMILES string of the molecule is Cn1cc(NC(=O)c2cccc(CN3CCN(c4cnccn4)CC3)c2)cn1. The van der Waals surface area contributed by atoms with Gasteiger partial charge >= 0.3 is 0 Å². The van der Waals surface area contributed by atoms with Gasteiger partial charge in [-0.15, -0.1) is 0 Å². The Kier molecular flexibility index (Phi) is 5.29. The minimum Gasteiger partial charge on any atom is -0.353 e. The number of hydrogen-bond acceptors (Lipinski definition) is 6. The minimum atomic E-state index is -0.123. The lowest BCUT2D eigenvalue weighted by molar-refractivity contribution is 0.102. The number of hydrogen-bond donors (Lipinski definition) is 1. The Morgan fingerprint density at radius 2 is 2.00 bits per heavy atom. The van der Waals surface area contributed by atoms with Crippen LogP contribution >= 0.6 is 0 Å². The summed E-state index contributed by atoms with van der Waals surface area (Å²) in [5.74, 6) is 0.804. The number of aryl methyl sites for hydroxylation is 1. The zero-order chi connectivity index (χ0) is 19.3. The molecule has 0 aliphatic carbocycles. The molecule has 8 nitrogen and oxygen atoms in total. The number of carbonyl (C=O) groups is 1. The lowest BCUT2D eigenvalue weighted by Gasteiger charge is -2.35. The van der Waals surface area contributed by atoms with E-state index < -0.39 is 0 Å². The van der Waals surface area contributed by atoms with Gasteiger partial charge in [0.2, 0.25) is 0 Å². The first kappa shape index (κ1) is 18.1. The number of anilines is 2. The number of nitrogens with one attached hydrogen (secondary N) is 1. The monoisotopic (exact) mass is 377 g/mol. The quantitative estimate of drug-likeness (QED) is 0.730. The van der Waals surface area contributed by atoms with Crippen LogP contribution in [0.5, 0.6) is 0 Å². The highest BCUT2D eigenvalue weighted by molar-refractivity contribution is 6.04. The van der Waals surface area contributed by atoms with Crippen LogP contribution in [-0.4, -0.2) is 56.7 Å². The molecule has 1 N–H and O–H groups in total. The number of rotatable bonds is 5. The summed E-state index contributed by atoms with van der Waals surface area (Å²) in [5.41, 5.74) is 2.48. The second kappa shape index (κ2) is 8.18. The lowest BCUT2D eigenvalue weighted by Crippen LogP contribution is -2.46. The molecule has 0 bridgehead atoms. The first-order valence-electron chi connectivity index (χ1n) is 9.29. The van der Waals surface area contributed by atoms with Crippen LogP contribution in [0.1, 0.15) is 15.9 Å². The molecule has 0 atom stereocenters. The molecule has 0 saturated carbocycles. The van der Waals surface area contributed by atoms with Crippen molar-refractivity contribution in [1.29, 1.82) is 0 Å². The van der Waals surface area contributed by atoms with Crippen LogP contribution in [0, 0.1) is 0 Å². The van der Waals surface area contributed by atoms with Crippen molar-refractivity contribution in [3.8, 4) is 0 Å². The molecule has 8 heteroatoms. The van der Waals surface area contributed by atoms with E-state index >= 15 is 0 Å². The van der Waals surface area contributed by atoms with Crippen molar-refractivity contribution in [2.45, 2.75) is 6.54 Å². The third kappa shape index (κ3) is 4.34. The lowest BCUT2D eigenvalue weighted by atomic mass is 10.1. The van der Waals surface area contributed by atoms with Crippen LogP contribution in [0.15, 0.2) is 55.2 Å². The summed E-state index contributed by atoms with van der Waals surface area (Å²) in [6.07, 6.45) is 8.64. The average molecular weight is 377 g/mol. The Hall–Kier alpha value is -3.26. The second-order valence-electron chi connectivity index (χ2n) is 6.88. The average Bonchev–Trinajstić information content (AvgIpc) is 3.14. The van der Waals surface area contributed by atoms with Gasteiger partial charge in [-0.05, 0) is 17.7 Å². The molecule has 28 heavy (non-hydrogen) atoms. The Balaban J connectivity index is 1.34. The van der Waals surface area contributed by atoms with Gasteiger partial charge in [0.1, 0.15) is 5.82 Å². The summed E-state index contributed by atoms with van der Waals surface area (Å²) in [6, 6.07) is 7.79. The summed E-state index contributed by atoms with van der Waals surface area (Å²) in [7, 11) is 1.82. The van der Waals surface area contributed by atoms with Gasteiger partial charge in [-0.2, -0.15) is 5.10 Å². The molecule has 0 radical (unpaired) electrons. The summed E-state index contributed by atoms with van der Waals surface area (Å²) in [6.45, 7) is 4.55. The smallest absolute Gasteiger partial charge is 0.255 e. The molecule has 0 unspecified atom stereocenters. The Bertz CT molecular complexity index is 932. The molecule has 1 aliphatic rings. The summed E-state index contributed by atoms with van der Waals surface area (Å²) in [5, 5.41) is 6.95. The molecule has 1 aromatic carbocycles. The largest absolute Gasteiger partial charge is 0.353 e. The van der Waals surface area contributed by atoms with E-state index in [1.165, 1.54) is 0 Å². The molecule has 1 saturated heterocycles. The summed E-state index contributed by atoms with van der Waals surface area (Å²) >= 11 is 0. The summed E-state index contributed by atoms with van der Waals surface area (Å²) in [4.78, 5) is 25.6. The first-order chi connectivity index (χ1) is 13.7. The van der Waals surface area contributed by atoms with Gasteiger partial charge in [-0.3, -0.25) is 19.4 Å². The second-order valence-corrected chi connectivity index (χ2v) is 6.88. The maximum atomic E-state index is 12.5. The van der Waals surface area contributed by atoms with Gasteiger partial charge in [0, 0.05) is 63.9 Å².